The van der Waals surface area contributed by atoms with Crippen LogP contribution < -0.4 is 11.4 Å². The molecule has 0 aliphatic carbocycles. The fourth-order valence-corrected chi connectivity index (χ4v) is 2.63. The Hall–Kier alpha value is -3.12. The van der Waals surface area contributed by atoms with Crippen molar-refractivity contribution in [1.29, 1.82) is 0 Å². The zero-order valence-electron chi connectivity index (χ0n) is 13.7. The van der Waals surface area contributed by atoms with Crippen LogP contribution in [-0.2, 0) is 11.3 Å². The molecule has 6 nitrogen and oxygen atoms in total. The number of nitrogens with two attached hydrogens (primary N) is 1. The average Bonchev–Trinajstić information content (AvgIpc) is 2.61. The van der Waals surface area contributed by atoms with Crippen LogP contribution in [0.5, 0.6) is 0 Å². The Morgan fingerprint density at radius 3 is 2.42 bits per heavy atom. The highest BCUT2D eigenvalue weighted by Crippen LogP contribution is 2.25. The highest BCUT2D eigenvalue weighted by molar-refractivity contribution is 6.32. The molecule has 1 heterocycles. The molecule has 1 amide bonds. The number of hydrogen-bond donors (Lipinski definition) is 1. The quantitative estimate of drug-likeness (QED) is 0.560. The van der Waals surface area contributed by atoms with Gasteiger partial charge in [-0.2, -0.15) is 0 Å². The van der Waals surface area contributed by atoms with Gasteiger partial charge in [0.15, 0.2) is 0 Å². The number of esters is 1. The Morgan fingerprint density at radius 2 is 1.77 bits per heavy atom. The summed E-state index contributed by atoms with van der Waals surface area (Å²) in [5.41, 5.74) is 6.79. The molecule has 0 fully saturated rings. The minimum absolute atomic E-state index is 0.127. The molecule has 0 saturated carbocycles. The first-order chi connectivity index (χ1) is 12.3. The first kappa shape index (κ1) is 17.7. The molecule has 0 saturated heterocycles. The van der Waals surface area contributed by atoms with Gasteiger partial charge in [0, 0.05) is 27.6 Å². The van der Waals surface area contributed by atoms with Gasteiger partial charge in [0.2, 0.25) is 5.91 Å². The molecule has 1 aromatic heterocycles. The molecule has 2 N–H and O–H groups in total. The van der Waals surface area contributed by atoms with Crippen LogP contribution in [0.15, 0.2) is 51.7 Å². The lowest BCUT2D eigenvalue weighted by Crippen LogP contribution is -2.12. The van der Waals surface area contributed by atoms with Crippen LogP contribution in [0.4, 0.5) is 0 Å². The summed E-state index contributed by atoms with van der Waals surface area (Å²) in [7, 11) is 0. The lowest BCUT2D eigenvalue weighted by molar-refractivity contribution is 0.0473. The molecule has 0 aliphatic heterocycles. The summed E-state index contributed by atoms with van der Waals surface area (Å²) in [5, 5.41) is 1.11. The number of hydrogen-bond acceptors (Lipinski definition) is 5. The number of rotatable bonds is 4. The van der Waals surface area contributed by atoms with Crippen molar-refractivity contribution in [2.45, 2.75) is 13.5 Å². The summed E-state index contributed by atoms with van der Waals surface area (Å²) in [6.45, 7) is 1.67. The standard InChI is InChI=1S/C19H14ClNO5/c1-10-6-16-14(8-15(10)20)13(7-17(22)26-16)9-25-19(24)12-4-2-11(3-5-12)18(21)23/h2-8H,9H2,1H3,(H2,21,23). The van der Waals surface area contributed by atoms with E-state index in [2.05, 4.69) is 0 Å². The van der Waals surface area contributed by atoms with Gasteiger partial charge in [0.1, 0.15) is 12.2 Å². The Morgan fingerprint density at radius 1 is 1.12 bits per heavy atom. The van der Waals surface area contributed by atoms with E-state index in [0.29, 0.717) is 27.1 Å². The van der Waals surface area contributed by atoms with Crippen LogP contribution in [0.1, 0.15) is 31.8 Å². The molecule has 7 heteroatoms. The minimum atomic E-state index is -0.597. The normalized spacial score (nSPS) is 10.7. The first-order valence-electron chi connectivity index (χ1n) is 7.65. The minimum Gasteiger partial charge on any atom is -0.457 e. The summed E-state index contributed by atoms with van der Waals surface area (Å²) in [6.07, 6.45) is 0. The van der Waals surface area contributed by atoms with Crippen molar-refractivity contribution >= 4 is 34.4 Å². The second-order valence-electron chi connectivity index (χ2n) is 5.71. The van der Waals surface area contributed by atoms with Gasteiger partial charge in [-0.25, -0.2) is 9.59 Å². The van der Waals surface area contributed by atoms with E-state index in [0.717, 1.165) is 5.56 Å². The Bertz CT molecular complexity index is 1070. The second-order valence-corrected chi connectivity index (χ2v) is 6.11. The van der Waals surface area contributed by atoms with Crippen molar-refractivity contribution in [2.24, 2.45) is 5.73 Å². The molecule has 2 aromatic carbocycles. The third-order valence-electron chi connectivity index (χ3n) is 3.87. The maximum absolute atomic E-state index is 12.2. The smallest absolute Gasteiger partial charge is 0.338 e. The van der Waals surface area contributed by atoms with Crippen LogP contribution >= 0.6 is 11.6 Å². The average molecular weight is 372 g/mol. The van der Waals surface area contributed by atoms with Crippen LogP contribution in [0.3, 0.4) is 0 Å². The number of amides is 1. The van der Waals surface area contributed by atoms with E-state index in [4.69, 9.17) is 26.5 Å². The molecule has 26 heavy (non-hydrogen) atoms. The van der Waals surface area contributed by atoms with E-state index in [-0.39, 0.29) is 12.2 Å². The maximum Gasteiger partial charge on any atom is 0.338 e. The third kappa shape index (κ3) is 3.60. The number of carbonyl (C=O) groups is 2. The zero-order chi connectivity index (χ0) is 18.8. The summed E-state index contributed by atoms with van der Waals surface area (Å²) in [4.78, 5) is 35.0. The van der Waals surface area contributed by atoms with Gasteiger partial charge in [-0.15, -0.1) is 0 Å². The Balaban J connectivity index is 1.85. The SMILES string of the molecule is Cc1cc2oc(=O)cc(COC(=O)c3ccc(C(N)=O)cc3)c2cc1Cl. The third-order valence-corrected chi connectivity index (χ3v) is 4.28. The largest absolute Gasteiger partial charge is 0.457 e. The fourth-order valence-electron chi connectivity index (χ4n) is 2.46. The molecule has 0 bridgehead atoms. The van der Waals surface area contributed by atoms with E-state index < -0.39 is 17.5 Å². The van der Waals surface area contributed by atoms with Gasteiger partial charge in [0.25, 0.3) is 0 Å². The van der Waals surface area contributed by atoms with Crippen molar-refractivity contribution in [2.75, 3.05) is 0 Å². The molecule has 0 unspecified atom stereocenters. The molecular formula is C19H14ClNO5. The van der Waals surface area contributed by atoms with Crippen molar-refractivity contribution in [3.63, 3.8) is 0 Å². The predicted molar refractivity (Wildman–Crippen MR) is 96.3 cm³/mol. The second kappa shape index (κ2) is 7.01. The first-order valence-corrected chi connectivity index (χ1v) is 8.03. The van der Waals surface area contributed by atoms with E-state index in [1.165, 1.54) is 30.3 Å². The van der Waals surface area contributed by atoms with Gasteiger partial charge >= 0.3 is 11.6 Å². The van der Waals surface area contributed by atoms with Gasteiger partial charge < -0.3 is 14.9 Å². The number of fused-ring (bicyclic) bond motifs is 1. The van der Waals surface area contributed by atoms with E-state index in [9.17, 15) is 14.4 Å². The number of ether oxygens (including phenoxy) is 1. The molecule has 0 atom stereocenters. The number of halogens is 1. The van der Waals surface area contributed by atoms with Gasteiger partial charge in [0.05, 0.1) is 5.56 Å². The van der Waals surface area contributed by atoms with Crippen LogP contribution in [0.25, 0.3) is 11.0 Å². The maximum atomic E-state index is 12.2. The van der Waals surface area contributed by atoms with Crippen LogP contribution in [0.2, 0.25) is 5.02 Å². The van der Waals surface area contributed by atoms with E-state index >= 15 is 0 Å². The number of carbonyl (C=O) groups excluding carboxylic acids is 2. The lowest BCUT2D eigenvalue weighted by Gasteiger charge is -2.09. The highest BCUT2D eigenvalue weighted by Gasteiger charge is 2.12. The molecule has 0 radical (unpaired) electrons. The fraction of sp³-hybridized carbons (Fsp3) is 0.105. The van der Waals surface area contributed by atoms with Crippen molar-refractivity contribution in [3.05, 3.63) is 80.2 Å². The summed E-state index contributed by atoms with van der Waals surface area (Å²) < 4.78 is 10.4. The van der Waals surface area contributed by atoms with Crippen LogP contribution in [-0.4, -0.2) is 11.9 Å². The lowest BCUT2D eigenvalue weighted by atomic mass is 10.1. The number of primary amides is 1. The number of benzene rings is 2. The summed E-state index contributed by atoms with van der Waals surface area (Å²) in [5.74, 6) is -1.18. The van der Waals surface area contributed by atoms with Crippen molar-refractivity contribution in [1.82, 2.24) is 0 Å². The highest BCUT2D eigenvalue weighted by atomic mass is 35.5. The molecular weight excluding hydrogens is 358 g/mol. The molecule has 0 aliphatic rings. The topological polar surface area (TPSA) is 99.6 Å². The molecule has 0 spiro atoms. The Labute approximate surface area is 153 Å². The summed E-state index contributed by atoms with van der Waals surface area (Å²) >= 11 is 6.13. The summed E-state index contributed by atoms with van der Waals surface area (Å²) in [6, 6.07) is 10.4. The molecule has 3 aromatic rings. The molecule has 132 valence electrons. The zero-order valence-corrected chi connectivity index (χ0v) is 14.5. The van der Waals surface area contributed by atoms with Gasteiger partial charge in [-0.1, -0.05) is 11.6 Å². The predicted octanol–water partition coefficient (Wildman–Crippen LogP) is 3.21. The number of aryl methyl sites for hydroxylation is 1. The monoisotopic (exact) mass is 371 g/mol. The van der Waals surface area contributed by atoms with Crippen molar-refractivity contribution in [3.8, 4) is 0 Å². The van der Waals surface area contributed by atoms with Crippen LogP contribution in [0, 0.1) is 6.92 Å². The Kier molecular flexibility index (Phi) is 4.77. The van der Waals surface area contributed by atoms with Gasteiger partial charge in [-0.05, 0) is 48.9 Å². The van der Waals surface area contributed by atoms with Gasteiger partial charge in [-0.3, -0.25) is 4.79 Å². The molecule has 3 rings (SSSR count). The van der Waals surface area contributed by atoms with E-state index in [1.54, 1.807) is 19.1 Å². The van der Waals surface area contributed by atoms with E-state index in [1.807, 2.05) is 0 Å². The van der Waals surface area contributed by atoms with Crippen molar-refractivity contribution < 1.29 is 18.7 Å².